The van der Waals surface area contributed by atoms with E-state index in [0.717, 1.165) is 36.5 Å². The van der Waals surface area contributed by atoms with Gasteiger partial charge in [-0.2, -0.15) is 0 Å². The highest BCUT2D eigenvalue weighted by molar-refractivity contribution is 7.12. The third kappa shape index (κ3) is 3.47. The lowest BCUT2D eigenvalue weighted by molar-refractivity contribution is -0.131. The summed E-state index contributed by atoms with van der Waals surface area (Å²) >= 11 is 1.71. The van der Waals surface area contributed by atoms with Crippen LogP contribution in [-0.4, -0.2) is 33.9 Å². The predicted octanol–water partition coefficient (Wildman–Crippen LogP) is 2.80. The summed E-state index contributed by atoms with van der Waals surface area (Å²) in [7, 11) is 0. The molecule has 1 saturated heterocycles. The highest BCUT2D eigenvalue weighted by Crippen LogP contribution is 2.26. The van der Waals surface area contributed by atoms with Gasteiger partial charge < -0.3 is 4.90 Å². The third-order valence-corrected chi connectivity index (χ3v) is 4.97. The van der Waals surface area contributed by atoms with Crippen molar-refractivity contribution in [2.24, 2.45) is 0 Å². The number of amides is 1. The molecule has 0 N–H and O–H groups in total. The normalized spacial score (nSPS) is 16.1. The van der Waals surface area contributed by atoms with Crippen molar-refractivity contribution in [3.63, 3.8) is 0 Å². The molecule has 0 atom stereocenters. The van der Waals surface area contributed by atoms with Gasteiger partial charge in [0, 0.05) is 47.4 Å². The Bertz CT molecular complexity index is 603. The van der Waals surface area contributed by atoms with Crippen LogP contribution >= 0.6 is 11.3 Å². The summed E-state index contributed by atoms with van der Waals surface area (Å²) in [6.45, 7) is 3.72. The highest BCUT2D eigenvalue weighted by atomic mass is 32.1. The maximum absolute atomic E-state index is 12.3. The van der Waals surface area contributed by atoms with Crippen LogP contribution in [0.4, 0.5) is 0 Å². The molecular formula is C16H19N3OS. The van der Waals surface area contributed by atoms with Crippen molar-refractivity contribution in [1.82, 2.24) is 14.9 Å². The molecule has 3 rings (SSSR count). The van der Waals surface area contributed by atoms with Gasteiger partial charge in [0.1, 0.15) is 0 Å². The molecule has 1 aliphatic rings. The van der Waals surface area contributed by atoms with Crippen molar-refractivity contribution in [3.8, 4) is 0 Å². The molecule has 2 aromatic heterocycles. The Kier molecular flexibility index (Phi) is 4.29. The molecule has 0 radical (unpaired) electrons. The van der Waals surface area contributed by atoms with E-state index in [9.17, 15) is 4.79 Å². The van der Waals surface area contributed by atoms with E-state index in [1.54, 1.807) is 23.7 Å². The molecule has 1 fully saturated rings. The number of carbonyl (C=O) groups is 1. The van der Waals surface area contributed by atoms with Crippen molar-refractivity contribution in [2.75, 3.05) is 13.1 Å². The molecule has 2 aromatic rings. The minimum atomic E-state index is 0.245. The Morgan fingerprint density at radius 1 is 1.33 bits per heavy atom. The largest absolute Gasteiger partial charge is 0.342 e. The second kappa shape index (κ2) is 6.35. The lowest BCUT2D eigenvalue weighted by Gasteiger charge is -2.31. The van der Waals surface area contributed by atoms with Gasteiger partial charge in [0.15, 0.2) is 0 Å². The van der Waals surface area contributed by atoms with Gasteiger partial charge in [0.25, 0.3) is 0 Å². The maximum Gasteiger partial charge on any atom is 0.227 e. The van der Waals surface area contributed by atoms with Crippen LogP contribution in [0.2, 0.25) is 0 Å². The number of rotatable bonds is 3. The number of likely N-dealkylation sites (tertiary alicyclic amines) is 1. The predicted molar refractivity (Wildman–Crippen MR) is 83.3 cm³/mol. The van der Waals surface area contributed by atoms with E-state index < -0.39 is 0 Å². The lowest BCUT2D eigenvalue weighted by Crippen LogP contribution is -2.38. The zero-order valence-corrected chi connectivity index (χ0v) is 13.0. The number of aromatic nitrogens is 2. The van der Waals surface area contributed by atoms with E-state index in [0.29, 0.717) is 12.3 Å². The number of nitrogens with zero attached hydrogens (tertiary/aromatic N) is 3. The van der Waals surface area contributed by atoms with Gasteiger partial charge in [-0.05, 0) is 31.9 Å². The number of hydrogen-bond acceptors (Lipinski definition) is 4. The van der Waals surface area contributed by atoms with Crippen LogP contribution in [0.1, 0.15) is 34.2 Å². The molecule has 0 saturated carbocycles. The van der Waals surface area contributed by atoms with E-state index in [2.05, 4.69) is 29.0 Å². The van der Waals surface area contributed by atoms with Crippen LogP contribution < -0.4 is 0 Å². The van der Waals surface area contributed by atoms with E-state index in [1.807, 2.05) is 11.1 Å². The Morgan fingerprint density at radius 3 is 2.76 bits per heavy atom. The molecule has 1 amide bonds. The van der Waals surface area contributed by atoms with Crippen molar-refractivity contribution in [2.45, 2.75) is 32.1 Å². The van der Waals surface area contributed by atoms with Crippen LogP contribution in [0.15, 0.2) is 30.7 Å². The molecule has 3 heterocycles. The average Bonchev–Trinajstić information content (AvgIpc) is 2.93. The molecule has 1 aliphatic heterocycles. The second-order valence-electron chi connectivity index (χ2n) is 5.47. The third-order valence-electron chi connectivity index (χ3n) is 3.97. The summed E-state index contributed by atoms with van der Waals surface area (Å²) in [5.41, 5.74) is 1.05. The molecule has 0 spiro atoms. The van der Waals surface area contributed by atoms with E-state index >= 15 is 0 Å². The fraction of sp³-hybridized carbons (Fsp3) is 0.438. The van der Waals surface area contributed by atoms with Gasteiger partial charge in [-0.25, -0.2) is 0 Å². The Morgan fingerprint density at radius 2 is 2.14 bits per heavy atom. The standard InChI is InChI=1S/C16H19N3OS/c1-12-2-3-14(21-12)10-16(20)19-8-4-13(5-9-19)15-11-17-6-7-18-15/h2-3,6-7,11,13H,4-5,8-10H2,1H3. The van der Waals surface area contributed by atoms with E-state index in [-0.39, 0.29) is 5.91 Å². The number of thiophene rings is 1. The van der Waals surface area contributed by atoms with Crippen molar-refractivity contribution < 1.29 is 4.79 Å². The topological polar surface area (TPSA) is 46.1 Å². The van der Waals surface area contributed by atoms with Crippen LogP contribution in [0, 0.1) is 6.92 Å². The van der Waals surface area contributed by atoms with Gasteiger partial charge in [-0.1, -0.05) is 0 Å². The first-order valence-corrected chi connectivity index (χ1v) is 8.13. The Balaban J connectivity index is 1.54. The van der Waals surface area contributed by atoms with E-state index in [1.165, 1.54) is 4.88 Å². The molecule has 4 nitrogen and oxygen atoms in total. The fourth-order valence-corrected chi connectivity index (χ4v) is 3.67. The van der Waals surface area contributed by atoms with Crippen molar-refractivity contribution in [3.05, 3.63) is 46.2 Å². The first kappa shape index (κ1) is 14.2. The van der Waals surface area contributed by atoms with Crippen molar-refractivity contribution in [1.29, 1.82) is 0 Å². The van der Waals surface area contributed by atoms with Crippen LogP contribution in [0.3, 0.4) is 0 Å². The minimum absolute atomic E-state index is 0.245. The monoisotopic (exact) mass is 301 g/mol. The smallest absolute Gasteiger partial charge is 0.227 e. The second-order valence-corrected chi connectivity index (χ2v) is 6.85. The highest BCUT2D eigenvalue weighted by Gasteiger charge is 2.24. The van der Waals surface area contributed by atoms with Gasteiger partial charge in [-0.3, -0.25) is 14.8 Å². The van der Waals surface area contributed by atoms with Crippen molar-refractivity contribution >= 4 is 17.2 Å². The number of hydrogen-bond donors (Lipinski definition) is 0. The molecule has 0 aliphatic carbocycles. The summed E-state index contributed by atoms with van der Waals surface area (Å²) in [6, 6.07) is 4.14. The molecular weight excluding hydrogens is 282 g/mol. The summed E-state index contributed by atoms with van der Waals surface area (Å²) in [5.74, 6) is 0.682. The SMILES string of the molecule is Cc1ccc(CC(=O)N2CCC(c3cnccn3)CC2)s1. The first-order chi connectivity index (χ1) is 10.2. The summed E-state index contributed by atoms with van der Waals surface area (Å²) in [6.07, 6.45) is 7.78. The van der Waals surface area contributed by atoms with Gasteiger partial charge in [0.2, 0.25) is 5.91 Å². The Labute approximate surface area is 128 Å². The quantitative estimate of drug-likeness (QED) is 0.876. The maximum atomic E-state index is 12.3. The van der Waals surface area contributed by atoms with Crippen LogP contribution in [0.5, 0.6) is 0 Å². The average molecular weight is 301 g/mol. The summed E-state index contributed by atoms with van der Waals surface area (Å²) in [4.78, 5) is 25.2. The molecule has 0 bridgehead atoms. The molecule has 0 aromatic carbocycles. The fourth-order valence-electron chi connectivity index (χ4n) is 2.79. The van der Waals surface area contributed by atoms with Gasteiger partial charge in [-0.15, -0.1) is 11.3 Å². The van der Waals surface area contributed by atoms with Gasteiger partial charge >= 0.3 is 0 Å². The lowest BCUT2D eigenvalue weighted by atomic mass is 9.93. The van der Waals surface area contributed by atoms with Crippen LogP contribution in [0.25, 0.3) is 0 Å². The van der Waals surface area contributed by atoms with Crippen LogP contribution in [-0.2, 0) is 11.2 Å². The zero-order chi connectivity index (χ0) is 14.7. The number of carbonyl (C=O) groups excluding carboxylic acids is 1. The molecule has 110 valence electrons. The first-order valence-electron chi connectivity index (χ1n) is 7.31. The number of aryl methyl sites for hydroxylation is 1. The molecule has 21 heavy (non-hydrogen) atoms. The zero-order valence-electron chi connectivity index (χ0n) is 12.2. The molecule has 0 unspecified atom stereocenters. The summed E-state index contributed by atoms with van der Waals surface area (Å²) in [5, 5.41) is 0. The minimum Gasteiger partial charge on any atom is -0.342 e. The van der Waals surface area contributed by atoms with E-state index in [4.69, 9.17) is 0 Å². The summed E-state index contributed by atoms with van der Waals surface area (Å²) < 4.78 is 0. The number of piperidine rings is 1. The Hall–Kier alpha value is -1.75. The molecule has 5 heteroatoms. The van der Waals surface area contributed by atoms with Gasteiger partial charge in [0.05, 0.1) is 12.1 Å².